The Morgan fingerprint density at radius 1 is 0.161 bits per heavy atom. The van der Waals surface area contributed by atoms with Gasteiger partial charge in [0.05, 0.1) is 0 Å². The molecule has 0 saturated carbocycles. The van der Waals surface area contributed by atoms with Crippen LogP contribution >= 0.6 is 0 Å². The molecule has 0 amide bonds. The molecule has 0 bridgehead atoms. The third-order valence-electron chi connectivity index (χ3n) is 0. The van der Waals surface area contributed by atoms with Crippen molar-refractivity contribution in [3.8, 4) is 0 Å². The van der Waals surface area contributed by atoms with Crippen LogP contribution in [-0.2, 0) is 119 Å². The quantitative estimate of drug-likeness (QED) is 0.249. The second-order valence-corrected chi connectivity index (χ2v) is 0. The summed E-state index contributed by atoms with van der Waals surface area (Å²) >= 11 is 0. The molecular formula is C12Cu5Fe2N12-2. The number of hydrogen-bond acceptors (Lipinski definition) is 12. The van der Waals surface area contributed by atoms with Crippen molar-refractivity contribution in [1.82, 2.24) is 0 Å². The Labute approximate surface area is 259 Å². The molecule has 19 heteroatoms. The van der Waals surface area contributed by atoms with E-state index in [0.717, 1.165) is 0 Å². The van der Waals surface area contributed by atoms with E-state index in [1.54, 1.807) is 0 Å². The summed E-state index contributed by atoms with van der Waals surface area (Å²) in [6.45, 7) is 57.0. The molecule has 0 spiro atoms. The van der Waals surface area contributed by atoms with E-state index in [0.29, 0.717) is 0 Å². The molecule has 0 aromatic heterocycles. The van der Waals surface area contributed by atoms with Gasteiger partial charge in [0.1, 0.15) is 0 Å². The average molecular weight is 742 g/mol. The molecule has 0 rings (SSSR count). The Bertz CT molecular complexity index is 240. The zero-order chi connectivity index (χ0) is 24.0. The monoisotopic (exact) mass is 739 g/mol. The van der Waals surface area contributed by atoms with E-state index in [2.05, 4.69) is 0 Å². The standard InChI is InChI=1S/12CN.5Cu.2Fe/c12*1-2;;;;;;;/q12*-1;5*+2;;. The van der Waals surface area contributed by atoms with Crippen LogP contribution in [0.25, 0.3) is 0 Å². The van der Waals surface area contributed by atoms with Crippen molar-refractivity contribution in [2.24, 2.45) is 0 Å². The Morgan fingerprint density at radius 3 is 0.161 bits per heavy atom. The molecule has 0 heterocycles. The maximum absolute atomic E-state index is 6.25. The fourth-order valence-corrected chi connectivity index (χ4v) is 0. The number of hydrogen-bond donors (Lipinski definition) is 0. The molecule has 181 valence electrons. The first-order valence-corrected chi connectivity index (χ1v) is 2.68. The molecule has 5 radical (unpaired) electrons. The molecule has 0 N–H and O–H groups in total. The van der Waals surface area contributed by atoms with Crippen LogP contribution in [0.4, 0.5) is 0 Å². The Morgan fingerprint density at radius 2 is 0.161 bits per heavy atom. The van der Waals surface area contributed by atoms with Gasteiger partial charge in [0.15, 0.2) is 0 Å². The average Bonchev–Trinajstić information content (AvgIpc) is 2.84. The summed E-state index contributed by atoms with van der Waals surface area (Å²) in [5.74, 6) is 0. The molecular weight excluding hydrogens is 742 g/mol. The fourth-order valence-electron chi connectivity index (χ4n) is 0. The van der Waals surface area contributed by atoms with Crippen LogP contribution in [0.1, 0.15) is 0 Å². The molecule has 0 aliphatic heterocycles. The number of nitrogens with zero attached hydrogens (tertiary/aromatic N) is 12. The van der Waals surface area contributed by atoms with E-state index >= 15 is 0 Å². The maximum atomic E-state index is 6.25. The summed E-state index contributed by atoms with van der Waals surface area (Å²) in [7, 11) is 0. The van der Waals surface area contributed by atoms with Crippen molar-refractivity contribution in [2.75, 3.05) is 0 Å². The molecule has 0 aliphatic rings. The molecule has 12 nitrogen and oxygen atoms in total. The largest absolute Gasteiger partial charge is 2.00 e. The van der Waals surface area contributed by atoms with Crippen LogP contribution in [0, 0.1) is 142 Å². The third kappa shape index (κ3) is 2900. The predicted molar refractivity (Wildman–Crippen MR) is 59.6 cm³/mol. The van der Waals surface area contributed by atoms with E-state index in [1.165, 1.54) is 0 Å². The predicted octanol–water partition coefficient (Wildman–Crippen LogP) is 1.14. The minimum Gasteiger partial charge on any atom is -0.512 e. The van der Waals surface area contributed by atoms with E-state index in [9.17, 15) is 0 Å². The van der Waals surface area contributed by atoms with E-state index in [4.69, 9.17) is 142 Å². The second kappa shape index (κ2) is 3140. The molecule has 31 heavy (non-hydrogen) atoms. The van der Waals surface area contributed by atoms with Crippen molar-refractivity contribution in [3.05, 3.63) is 78.9 Å². The summed E-state index contributed by atoms with van der Waals surface area (Å²) in [4.78, 5) is 0. The first kappa shape index (κ1) is 238. The van der Waals surface area contributed by atoms with Gasteiger partial charge in [-0.15, -0.1) is 0 Å². The van der Waals surface area contributed by atoms with Gasteiger partial charge in [-0.1, -0.05) is 0 Å². The first-order chi connectivity index (χ1) is 12.0. The summed E-state index contributed by atoms with van der Waals surface area (Å²) in [5.41, 5.74) is 0. The minimum atomic E-state index is 0. The van der Waals surface area contributed by atoms with Gasteiger partial charge in [-0.05, 0) is 0 Å². The van der Waals surface area contributed by atoms with E-state index < -0.39 is 0 Å². The number of rotatable bonds is 0. The van der Waals surface area contributed by atoms with Crippen LogP contribution in [0.3, 0.4) is 0 Å². The molecule has 0 fully saturated rings. The Hall–Kier alpha value is -2.48. The first-order valence-electron chi connectivity index (χ1n) is 2.68. The fraction of sp³-hybridized carbons (Fsp3) is 0. The molecule has 0 unspecified atom stereocenters. The van der Waals surface area contributed by atoms with Gasteiger partial charge in [-0.3, -0.25) is 0 Å². The minimum absolute atomic E-state index is 0. The molecule has 0 aliphatic carbocycles. The molecule has 0 saturated heterocycles. The van der Waals surface area contributed by atoms with Gasteiger partial charge in [0.25, 0.3) is 0 Å². The maximum Gasteiger partial charge on any atom is 2.00 e. The summed E-state index contributed by atoms with van der Waals surface area (Å²) in [6.07, 6.45) is 0. The van der Waals surface area contributed by atoms with Crippen molar-refractivity contribution < 1.29 is 119 Å². The molecule has 0 atom stereocenters. The van der Waals surface area contributed by atoms with Crippen LogP contribution < -0.4 is 0 Å². The summed E-state index contributed by atoms with van der Waals surface area (Å²) in [6, 6.07) is 0. The van der Waals surface area contributed by atoms with Crippen LogP contribution in [0.2, 0.25) is 0 Å². The topological polar surface area (TPSA) is 285 Å². The van der Waals surface area contributed by atoms with Gasteiger partial charge in [0, 0.05) is 34.1 Å². The molecule has 0 aromatic carbocycles. The van der Waals surface area contributed by atoms with Crippen molar-refractivity contribution in [3.63, 3.8) is 0 Å². The Kier molecular flexibility index (Phi) is 24100. The van der Waals surface area contributed by atoms with Crippen LogP contribution in [0.15, 0.2) is 0 Å². The zero-order valence-electron chi connectivity index (χ0n) is 13.6. The summed E-state index contributed by atoms with van der Waals surface area (Å²) in [5, 5.41) is 75.0. The van der Waals surface area contributed by atoms with Gasteiger partial charge in [0.2, 0.25) is 0 Å². The SMILES string of the molecule is [C-]#N.[C-]#N.[C-]#N.[C-]#N.[C-]#N.[C-]#N.[C-]#N.[C-]#N.[C-]#N.[C-]#N.[C-]#N.[C-]#N.[Cu+2].[Cu+2].[Cu+2].[Cu+2].[Cu+2].[Fe].[Fe]. The van der Waals surface area contributed by atoms with Crippen LogP contribution in [-0.4, -0.2) is 0 Å². The van der Waals surface area contributed by atoms with Crippen molar-refractivity contribution in [1.29, 1.82) is 63.1 Å². The smallest absolute Gasteiger partial charge is 0.512 e. The van der Waals surface area contributed by atoms with Crippen molar-refractivity contribution >= 4 is 0 Å². The molecule has 0 aromatic rings. The van der Waals surface area contributed by atoms with Gasteiger partial charge in [-0.2, -0.15) is 0 Å². The van der Waals surface area contributed by atoms with Gasteiger partial charge >= 0.3 is 85.3 Å². The van der Waals surface area contributed by atoms with Crippen molar-refractivity contribution in [2.45, 2.75) is 0 Å². The normalized spacial score (nSPS) is 0.774. The third-order valence-corrected chi connectivity index (χ3v) is 0. The second-order valence-electron chi connectivity index (χ2n) is 0. The zero-order valence-corrected chi connectivity index (χ0v) is 20.5. The van der Waals surface area contributed by atoms with Crippen LogP contribution in [0.5, 0.6) is 0 Å². The Balaban J connectivity index is -0.00000000292. The van der Waals surface area contributed by atoms with E-state index in [1.807, 2.05) is 0 Å². The van der Waals surface area contributed by atoms with Gasteiger partial charge in [-0.25, -0.2) is 0 Å². The van der Waals surface area contributed by atoms with Gasteiger partial charge < -0.3 is 142 Å². The summed E-state index contributed by atoms with van der Waals surface area (Å²) < 4.78 is 0. The van der Waals surface area contributed by atoms with E-state index in [-0.39, 0.29) is 119 Å².